The molecular weight excluding hydrogens is 264 g/mol. The molecule has 0 aliphatic rings. The number of anilines is 2. The molecular formula is C13H13ClN4O. The number of urea groups is 1. The summed E-state index contributed by atoms with van der Waals surface area (Å²) in [5, 5.41) is 5.84. The van der Waals surface area contributed by atoms with Crippen LogP contribution in [0.5, 0.6) is 0 Å². The maximum absolute atomic E-state index is 11.8. The minimum absolute atomic E-state index is 0.385. The first-order chi connectivity index (χ1) is 9.17. The fourth-order valence-corrected chi connectivity index (χ4v) is 1.70. The number of rotatable bonds is 3. The number of aromatic nitrogens is 1. The Kier molecular flexibility index (Phi) is 4.33. The van der Waals surface area contributed by atoms with Crippen LogP contribution >= 0.6 is 11.6 Å². The van der Waals surface area contributed by atoms with Crippen LogP contribution in [-0.4, -0.2) is 11.0 Å². The Morgan fingerprint density at radius 2 is 2.11 bits per heavy atom. The Balaban J connectivity index is 2.01. The number of hydrogen-bond donors (Lipinski definition) is 3. The second-order valence-electron chi connectivity index (χ2n) is 3.84. The normalized spacial score (nSPS) is 10.0. The molecule has 5 nitrogen and oxygen atoms in total. The van der Waals surface area contributed by atoms with Crippen LogP contribution in [0.1, 0.15) is 5.56 Å². The van der Waals surface area contributed by atoms with Crippen molar-refractivity contribution >= 4 is 29.1 Å². The van der Waals surface area contributed by atoms with Crippen molar-refractivity contribution in [1.82, 2.24) is 4.98 Å². The van der Waals surface area contributed by atoms with E-state index in [9.17, 15) is 4.79 Å². The molecule has 1 heterocycles. The summed E-state index contributed by atoms with van der Waals surface area (Å²) in [6.45, 7) is 0.396. The van der Waals surface area contributed by atoms with Gasteiger partial charge in [-0.25, -0.2) is 9.78 Å². The van der Waals surface area contributed by atoms with Crippen molar-refractivity contribution in [2.75, 3.05) is 10.6 Å². The van der Waals surface area contributed by atoms with Crippen LogP contribution in [0.3, 0.4) is 0 Å². The first-order valence-corrected chi connectivity index (χ1v) is 6.04. The smallest absolute Gasteiger partial charge is 0.324 e. The average molecular weight is 277 g/mol. The van der Waals surface area contributed by atoms with E-state index in [1.807, 2.05) is 0 Å². The van der Waals surface area contributed by atoms with Gasteiger partial charge in [0.25, 0.3) is 0 Å². The number of amides is 2. The van der Waals surface area contributed by atoms with Crippen LogP contribution in [0, 0.1) is 0 Å². The highest BCUT2D eigenvalue weighted by molar-refractivity contribution is 6.30. The van der Waals surface area contributed by atoms with Crippen LogP contribution in [0.2, 0.25) is 5.02 Å². The first kappa shape index (κ1) is 13.3. The summed E-state index contributed by atoms with van der Waals surface area (Å²) >= 11 is 5.83. The van der Waals surface area contributed by atoms with Crippen LogP contribution in [0.15, 0.2) is 42.6 Å². The summed E-state index contributed by atoms with van der Waals surface area (Å²) in [5.74, 6) is 0.447. The molecule has 0 aliphatic carbocycles. The van der Waals surface area contributed by atoms with Gasteiger partial charge in [-0.2, -0.15) is 0 Å². The third kappa shape index (κ3) is 3.94. The predicted octanol–water partition coefficient (Wildman–Crippen LogP) is 2.84. The highest BCUT2D eigenvalue weighted by atomic mass is 35.5. The number of carbonyl (C=O) groups excluding carboxylic acids is 1. The molecule has 1 aromatic carbocycles. The maximum Gasteiger partial charge on any atom is 0.324 e. The number of nitrogens with one attached hydrogen (secondary N) is 2. The fraction of sp³-hybridized carbons (Fsp3) is 0.0769. The molecule has 2 rings (SSSR count). The Bertz CT molecular complexity index is 588. The molecule has 4 N–H and O–H groups in total. The molecule has 0 atom stereocenters. The van der Waals surface area contributed by atoms with Gasteiger partial charge >= 0.3 is 6.03 Å². The summed E-state index contributed by atoms with van der Waals surface area (Å²) in [6, 6.07) is 10.0. The minimum Gasteiger partial charge on any atom is -0.326 e. The Morgan fingerprint density at radius 3 is 2.84 bits per heavy atom. The average Bonchev–Trinajstić information content (AvgIpc) is 2.38. The van der Waals surface area contributed by atoms with E-state index in [2.05, 4.69) is 15.6 Å². The van der Waals surface area contributed by atoms with Gasteiger partial charge in [0.15, 0.2) is 0 Å². The van der Waals surface area contributed by atoms with Gasteiger partial charge in [0.1, 0.15) is 5.82 Å². The Morgan fingerprint density at radius 1 is 1.26 bits per heavy atom. The molecule has 0 radical (unpaired) electrons. The molecule has 1 aromatic heterocycles. The molecule has 0 saturated heterocycles. The molecule has 19 heavy (non-hydrogen) atoms. The van der Waals surface area contributed by atoms with E-state index < -0.39 is 0 Å². The van der Waals surface area contributed by atoms with Crippen LogP contribution < -0.4 is 16.4 Å². The molecule has 0 spiro atoms. The predicted molar refractivity (Wildman–Crippen MR) is 76.2 cm³/mol. The molecule has 2 aromatic rings. The van der Waals surface area contributed by atoms with Crippen LogP contribution in [-0.2, 0) is 6.54 Å². The highest BCUT2D eigenvalue weighted by Crippen LogP contribution is 2.15. The first-order valence-electron chi connectivity index (χ1n) is 5.66. The van der Waals surface area contributed by atoms with Gasteiger partial charge < -0.3 is 11.1 Å². The van der Waals surface area contributed by atoms with Crippen molar-refractivity contribution in [3.63, 3.8) is 0 Å². The molecule has 0 fully saturated rings. The lowest BCUT2D eigenvalue weighted by Gasteiger charge is -2.08. The SMILES string of the molecule is NCc1ccnc(NC(=O)Nc2cccc(Cl)c2)c1. The summed E-state index contributed by atoms with van der Waals surface area (Å²) in [7, 11) is 0. The van der Waals surface area contributed by atoms with E-state index in [-0.39, 0.29) is 6.03 Å². The Labute approximate surface area is 115 Å². The molecule has 98 valence electrons. The van der Waals surface area contributed by atoms with E-state index in [0.717, 1.165) is 5.56 Å². The molecule has 0 aliphatic heterocycles. The molecule has 0 saturated carbocycles. The van der Waals surface area contributed by atoms with Crippen LogP contribution in [0.25, 0.3) is 0 Å². The monoisotopic (exact) mass is 276 g/mol. The second-order valence-corrected chi connectivity index (χ2v) is 4.28. The highest BCUT2D eigenvalue weighted by Gasteiger charge is 2.04. The van der Waals surface area contributed by atoms with Gasteiger partial charge in [0, 0.05) is 23.5 Å². The standard InChI is InChI=1S/C13H13ClN4O/c14-10-2-1-3-11(7-10)17-13(19)18-12-6-9(8-15)4-5-16-12/h1-7H,8,15H2,(H2,16,17,18,19). The van der Waals surface area contributed by atoms with Gasteiger partial charge in [-0.05, 0) is 35.9 Å². The van der Waals surface area contributed by atoms with Crippen molar-refractivity contribution in [2.45, 2.75) is 6.54 Å². The second kappa shape index (κ2) is 6.17. The fourth-order valence-electron chi connectivity index (χ4n) is 1.51. The zero-order valence-electron chi connectivity index (χ0n) is 10.1. The third-order valence-electron chi connectivity index (χ3n) is 2.38. The van der Waals surface area contributed by atoms with E-state index >= 15 is 0 Å². The summed E-state index contributed by atoms with van der Waals surface area (Å²) in [6.07, 6.45) is 1.59. The molecule has 0 unspecified atom stereocenters. The van der Waals surface area contributed by atoms with Crippen molar-refractivity contribution in [1.29, 1.82) is 0 Å². The zero-order valence-corrected chi connectivity index (χ0v) is 10.8. The van der Waals surface area contributed by atoms with Gasteiger partial charge in [-0.1, -0.05) is 17.7 Å². The lowest BCUT2D eigenvalue weighted by Crippen LogP contribution is -2.20. The van der Waals surface area contributed by atoms with Gasteiger partial charge in [-0.3, -0.25) is 5.32 Å². The number of carbonyl (C=O) groups is 1. The zero-order chi connectivity index (χ0) is 13.7. The van der Waals surface area contributed by atoms with Crippen molar-refractivity contribution in [2.24, 2.45) is 5.73 Å². The van der Waals surface area contributed by atoms with Gasteiger partial charge in [-0.15, -0.1) is 0 Å². The Hall–Kier alpha value is -2.11. The number of halogens is 1. The summed E-state index contributed by atoms with van der Waals surface area (Å²) in [4.78, 5) is 15.8. The lowest BCUT2D eigenvalue weighted by molar-refractivity contribution is 0.262. The number of nitrogens with two attached hydrogens (primary N) is 1. The minimum atomic E-state index is -0.385. The van der Waals surface area contributed by atoms with E-state index in [0.29, 0.717) is 23.1 Å². The third-order valence-corrected chi connectivity index (χ3v) is 2.62. The van der Waals surface area contributed by atoms with E-state index in [1.165, 1.54) is 0 Å². The van der Waals surface area contributed by atoms with E-state index in [4.69, 9.17) is 17.3 Å². The molecule has 0 bridgehead atoms. The van der Waals surface area contributed by atoms with Crippen molar-refractivity contribution in [3.05, 3.63) is 53.2 Å². The number of nitrogens with zero attached hydrogens (tertiary/aromatic N) is 1. The summed E-state index contributed by atoms with van der Waals surface area (Å²) < 4.78 is 0. The van der Waals surface area contributed by atoms with Gasteiger partial charge in [0.05, 0.1) is 0 Å². The van der Waals surface area contributed by atoms with Crippen molar-refractivity contribution < 1.29 is 4.79 Å². The summed E-state index contributed by atoms with van der Waals surface area (Å²) in [5.41, 5.74) is 7.03. The lowest BCUT2D eigenvalue weighted by atomic mass is 10.2. The molecule has 2 amide bonds. The van der Waals surface area contributed by atoms with Crippen molar-refractivity contribution in [3.8, 4) is 0 Å². The maximum atomic E-state index is 11.8. The molecule has 6 heteroatoms. The van der Waals surface area contributed by atoms with E-state index in [1.54, 1.807) is 42.6 Å². The topological polar surface area (TPSA) is 80.0 Å². The largest absolute Gasteiger partial charge is 0.326 e. The number of pyridine rings is 1. The van der Waals surface area contributed by atoms with Crippen LogP contribution in [0.4, 0.5) is 16.3 Å². The number of hydrogen-bond acceptors (Lipinski definition) is 3. The quantitative estimate of drug-likeness (QED) is 0.806. The number of benzene rings is 1. The van der Waals surface area contributed by atoms with Gasteiger partial charge in [0.2, 0.25) is 0 Å².